The Hall–Kier alpha value is -0.500. The zero-order valence-electron chi connectivity index (χ0n) is 9.27. The van der Waals surface area contributed by atoms with Crippen molar-refractivity contribution in [2.75, 3.05) is 12.3 Å². The smallest absolute Gasteiger partial charge is 0.209 e. The highest BCUT2D eigenvalue weighted by Crippen LogP contribution is 2.12. The number of rotatable bonds is 7. The van der Waals surface area contributed by atoms with Crippen LogP contribution in [0.2, 0.25) is 0 Å². The summed E-state index contributed by atoms with van der Waals surface area (Å²) in [7, 11) is -3.32. The van der Waals surface area contributed by atoms with Crippen LogP contribution in [0.15, 0.2) is 6.20 Å². The first kappa shape index (κ1) is 13.6. The first-order valence-corrected chi connectivity index (χ1v) is 7.69. The highest BCUT2D eigenvalue weighted by Gasteiger charge is 2.02. The van der Waals surface area contributed by atoms with Gasteiger partial charge in [0.05, 0.1) is 10.8 Å². The van der Waals surface area contributed by atoms with E-state index in [-0.39, 0.29) is 5.75 Å². The molecule has 0 saturated carbocycles. The number of nitrogens with two attached hydrogens (primary N) is 1. The number of aromatic nitrogens is 1. The van der Waals surface area contributed by atoms with Crippen LogP contribution in [0.25, 0.3) is 0 Å². The molecule has 0 atom stereocenters. The van der Waals surface area contributed by atoms with Crippen LogP contribution in [0.1, 0.15) is 23.2 Å². The molecule has 1 heterocycles. The Morgan fingerprint density at radius 1 is 1.56 bits per heavy atom. The molecule has 1 aromatic heterocycles. The van der Waals surface area contributed by atoms with Gasteiger partial charge in [-0.25, -0.2) is 18.5 Å². The maximum absolute atomic E-state index is 10.6. The summed E-state index contributed by atoms with van der Waals surface area (Å²) in [6.07, 6.45) is 3.35. The topological polar surface area (TPSA) is 85.1 Å². The van der Waals surface area contributed by atoms with Gasteiger partial charge in [0.1, 0.15) is 0 Å². The van der Waals surface area contributed by atoms with Gasteiger partial charge in [0.15, 0.2) is 0 Å². The molecule has 7 heteroatoms. The normalized spacial score (nSPS) is 11.9. The fraction of sp³-hybridized carbons (Fsp3) is 0.667. The van der Waals surface area contributed by atoms with E-state index < -0.39 is 10.0 Å². The Balaban J connectivity index is 2.16. The maximum Gasteiger partial charge on any atom is 0.209 e. The van der Waals surface area contributed by atoms with E-state index in [2.05, 4.69) is 17.2 Å². The first-order chi connectivity index (χ1) is 7.51. The summed E-state index contributed by atoms with van der Waals surface area (Å²) in [5.41, 5.74) is 0. The number of hydrogen-bond acceptors (Lipinski definition) is 5. The Kier molecular flexibility index (Phi) is 5.33. The minimum absolute atomic E-state index is 0.0307. The first-order valence-electron chi connectivity index (χ1n) is 5.16. The number of aryl methyl sites for hydroxylation is 1. The summed E-state index contributed by atoms with van der Waals surface area (Å²) in [5, 5.41) is 9.18. The monoisotopic (exact) mass is 263 g/mol. The van der Waals surface area contributed by atoms with Crippen molar-refractivity contribution in [1.29, 1.82) is 0 Å². The summed E-state index contributed by atoms with van der Waals surface area (Å²) >= 11 is 1.68. The summed E-state index contributed by atoms with van der Waals surface area (Å²) in [4.78, 5) is 5.41. The van der Waals surface area contributed by atoms with E-state index in [4.69, 9.17) is 5.14 Å². The molecule has 5 nitrogen and oxygen atoms in total. The van der Waals surface area contributed by atoms with E-state index in [0.717, 1.165) is 18.0 Å². The molecule has 0 spiro atoms. The molecular formula is C9H17N3O2S2. The van der Waals surface area contributed by atoms with Crippen molar-refractivity contribution in [3.05, 3.63) is 16.1 Å². The van der Waals surface area contributed by atoms with Crippen molar-refractivity contribution in [1.82, 2.24) is 10.3 Å². The summed E-state index contributed by atoms with van der Waals surface area (Å²) in [5.74, 6) is 0.0307. The van der Waals surface area contributed by atoms with Crippen molar-refractivity contribution in [2.24, 2.45) is 5.14 Å². The molecule has 0 unspecified atom stereocenters. The molecule has 1 rings (SSSR count). The zero-order valence-corrected chi connectivity index (χ0v) is 10.9. The highest BCUT2D eigenvalue weighted by atomic mass is 32.2. The fourth-order valence-corrected chi connectivity index (χ4v) is 2.58. The van der Waals surface area contributed by atoms with E-state index in [9.17, 15) is 8.42 Å². The molecule has 0 bridgehead atoms. The molecule has 1 aromatic rings. The minimum Gasteiger partial charge on any atom is -0.312 e. The van der Waals surface area contributed by atoms with Crippen LogP contribution in [-0.4, -0.2) is 25.7 Å². The number of sulfonamides is 1. The standard InChI is InChI=1S/C9H17N3O2S2/c1-2-9-12-7-8(15-9)6-11-4-3-5-16(10,13)14/h7,11H,2-6H2,1H3,(H2,10,13,14). The third kappa shape index (κ3) is 5.55. The van der Waals surface area contributed by atoms with Gasteiger partial charge in [-0.15, -0.1) is 11.3 Å². The van der Waals surface area contributed by atoms with Crippen LogP contribution >= 0.6 is 11.3 Å². The number of nitrogens with one attached hydrogen (secondary N) is 1. The second-order valence-corrected chi connectivity index (χ2v) is 6.40. The van der Waals surface area contributed by atoms with E-state index in [1.54, 1.807) is 11.3 Å². The van der Waals surface area contributed by atoms with Gasteiger partial charge in [-0.05, 0) is 19.4 Å². The van der Waals surface area contributed by atoms with Gasteiger partial charge in [-0.3, -0.25) is 0 Å². The lowest BCUT2D eigenvalue weighted by atomic mass is 10.4. The molecule has 0 radical (unpaired) electrons. The van der Waals surface area contributed by atoms with Gasteiger partial charge in [0.25, 0.3) is 0 Å². The van der Waals surface area contributed by atoms with Crippen LogP contribution < -0.4 is 10.5 Å². The van der Waals surface area contributed by atoms with Gasteiger partial charge < -0.3 is 5.32 Å². The average Bonchev–Trinajstić information content (AvgIpc) is 2.63. The Morgan fingerprint density at radius 2 is 2.31 bits per heavy atom. The molecule has 0 aliphatic heterocycles. The zero-order chi connectivity index (χ0) is 12.0. The van der Waals surface area contributed by atoms with Gasteiger partial charge in [-0.1, -0.05) is 6.92 Å². The fourth-order valence-electron chi connectivity index (χ4n) is 1.20. The summed E-state index contributed by atoms with van der Waals surface area (Å²) in [6.45, 7) is 3.46. The van der Waals surface area contributed by atoms with Crippen molar-refractivity contribution in [3.63, 3.8) is 0 Å². The molecule has 0 aliphatic carbocycles. The second-order valence-electron chi connectivity index (χ2n) is 3.47. The third-order valence-corrected chi connectivity index (χ3v) is 3.98. The molecule has 16 heavy (non-hydrogen) atoms. The number of thiazole rings is 1. The Bertz CT molecular complexity index is 414. The van der Waals surface area contributed by atoms with Crippen LogP contribution in [0.3, 0.4) is 0 Å². The van der Waals surface area contributed by atoms with Crippen LogP contribution in [0, 0.1) is 0 Å². The second kappa shape index (κ2) is 6.29. The third-order valence-electron chi connectivity index (χ3n) is 1.99. The van der Waals surface area contributed by atoms with E-state index in [0.29, 0.717) is 13.0 Å². The molecule has 0 aromatic carbocycles. The molecule has 3 N–H and O–H groups in total. The lowest BCUT2D eigenvalue weighted by Crippen LogP contribution is -2.21. The number of hydrogen-bond donors (Lipinski definition) is 2. The summed E-state index contributed by atoms with van der Waals surface area (Å²) < 4.78 is 21.3. The molecule has 0 fully saturated rings. The molecule has 0 aliphatic rings. The van der Waals surface area contributed by atoms with Crippen LogP contribution in [0.5, 0.6) is 0 Å². The van der Waals surface area contributed by atoms with E-state index in [1.165, 1.54) is 4.88 Å². The SMILES string of the molecule is CCc1ncc(CNCCCS(N)(=O)=O)s1. The molecule has 0 amide bonds. The van der Waals surface area contributed by atoms with E-state index >= 15 is 0 Å². The largest absolute Gasteiger partial charge is 0.312 e. The van der Waals surface area contributed by atoms with Gasteiger partial charge >= 0.3 is 0 Å². The van der Waals surface area contributed by atoms with Gasteiger partial charge in [-0.2, -0.15) is 0 Å². The van der Waals surface area contributed by atoms with E-state index in [1.807, 2.05) is 6.20 Å². The van der Waals surface area contributed by atoms with Crippen LogP contribution in [0.4, 0.5) is 0 Å². The maximum atomic E-state index is 10.6. The minimum atomic E-state index is -3.32. The predicted molar refractivity (Wildman–Crippen MR) is 65.8 cm³/mol. The lowest BCUT2D eigenvalue weighted by Gasteiger charge is -2.01. The van der Waals surface area contributed by atoms with Gasteiger partial charge in [0, 0.05) is 17.6 Å². The predicted octanol–water partition coefficient (Wildman–Crippen LogP) is 0.474. The number of primary sulfonamides is 1. The molecule has 92 valence electrons. The van der Waals surface area contributed by atoms with Crippen LogP contribution in [-0.2, 0) is 23.0 Å². The molecule has 0 saturated heterocycles. The highest BCUT2D eigenvalue weighted by molar-refractivity contribution is 7.89. The van der Waals surface area contributed by atoms with Gasteiger partial charge in [0.2, 0.25) is 10.0 Å². The quantitative estimate of drug-likeness (QED) is 0.700. The van der Waals surface area contributed by atoms with Crippen molar-refractivity contribution in [2.45, 2.75) is 26.3 Å². The summed E-state index contributed by atoms with van der Waals surface area (Å²) in [6, 6.07) is 0. The molecular weight excluding hydrogens is 246 g/mol. The van der Waals surface area contributed by atoms with Crippen molar-refractivity contribution in [3.8, 4) is 0 Å². The number of nitrogens with zero attached hydrogens (tertiary/aromatic N) is 1. The van der Waals surface area contributed by atoms with Crippen molar-refractivity contribution < 1.29 is 8.42 Å². The van der Waals surface area contributed by atoms with Crippen molar-refractivity contribution >= 4 is 21.4 Å². The lowest BCUT2D eigenvalue weighted by molar-refractivity contribution is 0.590. The Morgan fingerprint density at radius 3 is 2.88 bits per heavy atom. The Labute approximate surface area is 100 Å². The average molecular weight is 263 g/mol.